The van der Waals surface area contributed by atoms with Crippen molar-refractivity contribution in [3.05, 3.63) is 58.1 Å². The van der Waals surface area contributed by atoms with Crippen molar-refractivity contribution in [2.75, 3.05) is 0 Å². The molecule has 0 amide bonds. The Bertz CT molecular complexity index is 562. The number of aliphatic hydroxyl groups is 1. The summed E-state index contributed by atoms with van der Waals surface area (Å²) in [6.45, 7) is 1.51. The van der Waals surface area contributed by atoms with Gasteiger partial charge in [0.05, 0.1) is 6.10 Å². The maximum Gasteiger partial charge on any atom is 0.213 e. The van der Waals surface area contributed by atoms with Crippen LogP contribution in [0.4, 0.5) is 0 Å². The summed E-state index contributed by atoms with van der Waals surface area (Å²) in [4.78, 5) is 10.3. The van der Waals surface area contributed by atoms with E-state index in [1.807, 2.05) is 42.5 Å². The van der Waals surface area contributed by atoms with E-state index in [1.165, 1.54) is 6.92 Å². The molecule has 0 radical (unpaired) electrons. The number of nitrogens with zero attached hydrogens (tertiary/aromatic N) is 1. The Hall–Kier alpha value is -1.94. The van der Waals surface area contributed by atoms with Crippen molar-refractivity contribution in [1.82, 2.24) is 0 Å². The van der Waals surface area contributed by atoms with Crippen LogP contribution < -0.4 is 0 Å². The van der Waals surface area contributed by atoms with Crippen LogP contribution in [0.3, 0.4) is 0 Å². The van der Waals surface area contributed by atoms with E-state index < -0.39 is 12.1 Å². The molecular weight excluding hydrogens is 230 g/mol. The van der Waals surface area contributed by atoms with Crippen molar-refractivity contribution < 1.29 is 10.0 Å². The average Bonchev–Trinajstić information content (AvgIpc) is 2.37. The van der Waals surface area contributed by atoms with E-state index in [0.29, 0.717) is 0 Å². The minimum atomic E-state index is -0.809. The number of benzene rings is 2. The first-order valence-electron chi connectivity index (χ1n) is 5.89. The lowest BCUT2D eigenvalue weighted by molar-refractivity contribution is -0.520. The minimum Gasteiger partial charge on any atom is -0.388 e. The van der Waals surface area contributed by atoms with Gasteiger partial charge in [-0.3, -0.25) is 10.1 Å². The zero-order chi connectivity index (χ0) is 13.1. The Morgan fingerprint density at radius 2 is 1.89 bits per heavy atom. The molecule has 0 aliphatic rings. The lowest BCUT2D eigenvalue weighted by Crippen LogP contribution is -2.18. The minimum absolute atomic E-state index is 0.126. The van der Waals surface area contributed by atoms with Gasteiger partial charge in [-0.15, -0.1) is 0 Å². The van der Waals surface area contributed by atoms with Gasteiger partial charge < -0.3 is 5.11 Å². The molecule has 2 rings (SSSR count). The van der Waals surface area contributed by atoms with Crippen LogP contribution >= 0.6 is 0 Å². The molecule has 0 saturated carbocycles. The van der Waals surface area contributed by atoms with E-state index in [0.717, 1.165) is 16.3 Å². The molecule has 2 aromatic rings. The van der Waals surface area contributed by atoms with Crippen molar-refractivity contribution in [1.29, 1.82) is 0 Å². The molecule has 0 aliphatic carbocycles. The molecule has 2 unspecified atom stereocenters. The van der Waals surface area contributed by atoms with Crippen LogP contribution in [0, 0.1) is 10.1 Å². The van der Waals surface area contributed by atoms with Crippen LogP contribution in [0.15, 0.2) is 42.5 Å². The Balaban J connectivity index is 2.33. The largest absolute Gasteiger partial charge is 0.388 e. The molecule has 4 heteroatoms. The maximum absolute atomic E-state index is 10.6. The number of aliphatic hydroxyl groups excluding tert-OH is 1. The lowest BCUT2D eigenvalue weighted by Gasteiger charge is -2.14. The normalized spacial score (nSPS) is 14.3. The summed E-state index contributed by atoms with van der Waals surface area (Å²) in [5.41, 5.74) is 0.752. The number of rotatable bonds is 4. The zero-order valence-electron chi connectivity index (χ0n) is 10.1. The summed E-state index contributed by atoms with van der Waals surface area (Å²) in [5, 5.41) is 22.7. The first-order valence-corrected chi connectivity index (χ1v) is 5.89. The highest BCUT2D eigenvalue weighted by Gasteiger charge is 2.20. The summed E-state index contributed by atoms with van der Waals surface area (Å²) in [6, 6.07) is 12.6. The second-order valence-corrected chi connectivity index (χ2v) is 4.45. The van der Waals surface area contributed by atoms with Crippen LogP contribution in [0.25, 0.3) is 10.8 Å². The summed E-state index contributed by atoms with van der Waals surface area (Å²) >= 11 is 0. The fourth-order valence-electron chi connectivity index (χ4n) is 2.08. The summed E-state index contributed by atoms with van der Waals surface area (Å²) in [5.74, 6) is 0. The Morgan fingerprint density at radius 1 is 1.22 bits per heavy atom. The van der Waals surface area contributed by atoms with Gasteiger partial charge in [-0.1, -0.05) is 42.5 Å². The van der Waals surface area contributed by atoms with Gasteiger partial charge >= 0.3 is 0 Å². The second-order valence-electron chi connectivity index (χ2n) is 4.45. The van der Waals surface area contributed by atoms with Gasteiger partial charge in [0, 0.05) is 18.3 Å². The SMILES string of the molecule is CC(CC(O)c1cccc2ccccc12)[N+](=O)[O-]. The molecule has 4 nitrogen and oxygen atoms in total. The smallest absolute Gasteiger partial charge is 0.213 e. The molecule has 2 atom stereocenters. The Kier molecular flexibility index (Phi) is 3.58. The third-order valence-electron chi connectivity index (χ3n) is 3.11. The fourth-order valence-corrected chi connectivity index (χ4v) is 2.08. The molecular formula is C14H15NO3. The first kappa shape index (κ1) is 12.5. The van der Waals surface area contributed by atoms with Crippen LogP contribution in [0.5, 0.6) is 0 Å². The number of hydrogen-bond acceptors (Lipinski definition) is 3. The summed E-state index contributed by atoms with van der Waals surface area (Å²) < 4.78 is 0. The highest BCUT2D eigenvalue weighted by Crippen LogP contribution is 2.27. The molecule has 0 spiro atoms. The Morgan fingerprint density at radius 3 is 2.61 bits per heavy atom. The maximum atomic E-state index is 10.6. The summed E-state index contributed by atoms with van der Waals surface area (Å²) in [6.07, 6.45) is -0.683. The van der Waals surface area contributed by atoms with Crippen LogP contribution in [-0.2, 0) is 0 Å². The van der Waals surface area contributed by atoms with E-state index in [-0.39, 0.29) is 11.3 Å². The van der Waals surface area contributed by atoms with E-state index >= 15 is 0 Å². The Labute approximate surface area is 105 Å². The standard InChI is InChI=1S/C14H15NO3/c1-10(15(17)18)9-14(16)13-8-4-6-11-5-2-3-7-12(11)13/h2-8,10,14,16H,9H2,1H3. The molecule has 2 aromatic carbocycles. The second kappa shape index (κ2) is 5.14. The van der Waals surface area contributed by atoms with E-state index in [1.54, 1.807) is 0 Å². The molecule has 0 aliphatic heterocycles. The number of fused-ring (bicyclic) bond motifs is 1. The molecule has 0 fully saturated rings. The van der Waals surface area contributed by atoms with E-state index in [4.69, 9.17) is 0 Å². The third kappa shape index (κ3) is 2.49. The average molecular weight is 245 g/mol. The van der Waals surface area contributed by atoms with Crippen LogP contribution in [0.1, 0.15) is 25.0 Å². The van der Waals surface area contributed by atoms with Crippen molar-refractivity contribution in [3.63, 3.8) is 0 Å². The topological polar surface area (TPSA) is 63.4 Å². The molecule has 0 aromatic heterocycles. The van der Waals surface area contributed by atoms with Crippen molar-refractivity contribution in [3.8, 4) is 0 Å². The first-order chi connectivity index (χ1) is 8.59. The number of hydrogen-bond donors (Lipinski definition) is 1. The molecule has 1 N–H and O–H groups in total. The van der Waals surface area contributed by atoms with Crippen LogP contribution in [-0.4, -0.2) is 16.1 Å². The van der Waals surface area contributed by atoms with Crippen molar-refractivity contribution in [2.24, 2.45) is 0 Å². The summed E-state index contributed by atoms with van der Waals surface area (Å²) in [7, 11) is 0. The predicted octanol–water partition coefficient (Wildman–Crippen LogP) is 2.93. The van der Waals surface area contributed by atoms with Gasteiger partial charge in [-0.2, -0.15) is 0 Å². The molecule has 18 heavy (non-hydrogen) atoms. The van der Waals surface area contributed by atoms with Gasteiger partial charge in [-0.25, -0.2) is 0 Å². The predicted molar refractivity (Wildman–Crippen MR) is 70.0 cm³/mol. The van der Waals surface area contributed by atoms with Crippen LogP contribution in [0.2, 0.25) is 0 Å². The van der Waals surface area contributed by atoms with Gasteiger partial charge in [-0.05, 0) is 16.3 Å². The van der Waals surface area contributed by atoms with Crippen molar-refractivity contribution >= 4 is 10.8 Å². The third-order valence-corrected chi connectivity index (χ3v) is 3.11. The van der Waals surface area contributed by atoms with E-state index in [2.05, 4.69) is 0 Å². The quantitative estimate of drug-likeness (QED) is 0.665. The van der Waals surface area contributed by atoms with Gasteiger partial charge in [0.25, 0.3) is 0 Å². The molecule has 94 valence electrons. The monoisotopic (exact) mass is 245 g/mol. The van der Waals surface area contributed by atoms with Gasteiger partial charge in [0.15, 0.2) is 0 Å². The molecule has 0 bridgehead atoms. The highest BCUT2D eigenvalue weighted by atomic mass is 16.6. The molecule has 0 heterocycles. The number of nitro groups is 1. The fraction of sp³-hybridized carbons (Fsp3) is 0.286. The molecule has 0 saturated heterocycles. The zero-order valence-corrected chi connectivity index (χ0v) is 10.1. The van der Waals surface area contributed by atoms with Crippen molar-refractivity contribution in [2.45, 2.75) is 25.5 Å². The van der Waals surface area contributed by atoms with E-state index in [9.17, 15) is 15.2 Å². The van der Waals surface area contributed by atoms with Gasteiger partial charge in [0.2, 0.25) is 6.04 Å². The van der Waals surface area contributed by atoms with Gasteiger partial charge in [0.1, 0.15) is 0 Å². The highest BCUT2D eigenvalue weighted by molar-refractivity contribution is 5.85. The lowest BCUT2D eigenvalue weighted by atomic mass is 9.97.